The van der Waals surface area contributed by atoms with E-state index in [-0.39, 0.29) is 17.2 Å². The third kappa shape index (κ3) is 2.53. The first-order valence-corrected chi connectivity index (χ1v) is 5.60. The van der Waals surface area contributed by atoms with E-state index in [1.165, 1.54) is 0 Å². The molecule has 0 aliphatic heterocycles. The lowest BCUT2D eigenvalue weighted by Gasteiger charge is -2.20. The number of benzene rings is 1. The van der Waals surface area contributed by atoms with Gasteiger partial charge in [-0.05, 0) is 43.0 Å². The number of halogens is 1. The molecule has 0 saturated carbocycles. The van der Waals surface area contributed by atoms with E-state index in [1.54, 1.807) is 20.8 Å². The summed E-state index contributed by atoms with van der Waals surface area (Å²) < 4.78 is 0. The molecule has 5 heteroatoms. The highest BCUT2D eigenvalue weighted by Crippen LogP contribution is 2.38. The van der Waals surface area contributed by atoms with Gasteiger partial charge in [-0.25, -0.2) is 0 Å². The number of carboxylic acids is 1. The summed E-state index contributed by atoms with van der Waals surface area (Å²) in [6.45, 7) is 5.26. The van der Waals surface area contributed by atoms with E-state index < -0.39 is 12.0 Å². The molecule has 0 aliphatic rings. The summed E-state index contributed by atoms with van der Waals surface area (Å²) in [6, 6.07) is -0.621. The molecule has 94 valence electrons. The minimum atomic E-state index is -0.960. The molecule has 4 nitrogen and oxygen atoms in total. The third-order valence-corrected chi connectivity index (χ3v) is 3.49. The van der Waals surface area contributed by atoms with Crippen LogP contribution in [-0.4, -0.2) is 16.2 Å². The molecule has 0 spiro atoms. The Bertz CT molecular complexity index is 442. The normalized spacial score (nSPS) is 12.5. The lowest BCUT2D eigenvalue weighted by Crippen LogP contribution is -2.18. The molecular formula is C12H16ClNO3. The van der Waals surface area contributed by atoms with Crippen LogP contribution in [0.3, 0.4) is 0 Å². The van der Waals surface area contributed by atoms with Crippen molar-refractivity contribution in [1.82, 2.24) is 0 Å². The highest BCUT2D eigenvalue weighted by atomic mass is 35.5. The number of phenols is 1. The van der Waals surface area contributed by atoms with Gasteiger partial charge in [0.05, 0.1) is 11.4 Å². The Morgan fingerprint density at radius 1 is 1.29 bits per heavy atom. The molecular weight excluding hydrogens is 242 g/mol. The molecule has 0 fully saturated rings. The maximum absolute atomic E-state index is 10.7. The maximum Gasteiger partial charge on any atom is 0.305 e. The van der Waals surface area contributed by atoms with Gasteiger partial charge in [0.2, 0.25) is 0 Å². The van der Waals surface area contributed by atoms with Gasteiger partial charge in [-0.3, -0.25) is 4.79 Å². The summed E-state index contributed by atoms with van der Waals surface area (Å²) in [6.07, 6.45) is -0.164. The Hall–Kier alpha value is -1.26. The standard InChI is InChI=1S/C12H16ClNO3/c1-5-6(2)12(17)11(13)7(3)10(5)8(14)4-9(15)16/h8,17H,4,14H2,1-3H3,(H,15,16). The van der Waals surface area contributed by atoms with Gasteiger partial charge in [-0.1, -0.05) is 11.6 Å². The molecule has 0 bridgehead atoms. The molecule has 1 atom stereocenters. The van der Waals surface area contributed by atoms with Crippen molar-refractivity contribution in [3.8, 4) is 5.75 Å². The van der Waals surface area contributed by atoms with Crippen LogP contribution in [0.25, 0.3) is 0 Å². The Morgan fingerprint density at radius 3 is 2.29 bits per heavy atom. The second-order valence-electron chi connectivity index (χ2n) is 4.16. The summed E-state index contributed by atoms with van der Waals surface area (Å²) in [4.78, 5) is 10.7. The largest absolute Gasteiger partial charge is 0.506 e. The summed E-state index contributed by atoms with van der Waals surface area (Å²) in [5.41, 5.74) is 8.63. The van der Waals surface area contributed by atoms with E-state index in [1.807, 2.05) is 0 Å². The van der Waals surface area contributed by atoms with Crippen LogP contribution in [0.1, 0.15) is 34.7 Å². The van der Waals surface area contributed by atoms with Crippen molar-refractivity contribution in [2.75, 3.05) is 0 Å². The predicted molar refractivity (Wildman–Crippen MR) is 66.5 cm³/mol. The highest BCUT2D eigenvalue weighted by molar-refractivity contribution is 6.33. The van der Waals surface area contributed by atoms with E-state index in [0.29, 0.717) is 16.7 Å². The van der Waals surface area contributed by atoms with Crippen molar-refractivity contribution < 1.29 is 15.0 Å². The van der Waals surface area contributed by atoms with Gasteiger partial charge in [0.1, 0.15) is 5.75 Å². The number of hydrogen-bond acceptors (Lipinski definition) is 3. The fourth-order valence-corrected chi connectivity index (χ4v) is 2.21. The summed E-state index contributed by atoms with van der Waals surface area (Å²) in [5, 5.41) is 18.8. The first-order valence-electron chi connectivity index (χ1n) is 5.22. The Morgan fingerprint density at radius 2 is 1.82 bits per heavy atom. The van der Waals surface area contributed by atoms with E-state index in [0.717, 1.165) is 5.56 Å². The average Bonchev–Trinajstić information content (AvgIpc) is 2.23. The second-order valence-corrected chi connectivity index (χ2v) is 4.53. The molecule has 0 saturated heterocycles. The van der Waals surface area contributed by atoms with Crippen LogP contribution in [0, 0.1) is 20.8 Å². The quantitative estimate of drug-likeness (QED) is 0.777. The average molecular weight is 258 g/mol. The van der Waals surface area contributed by atoms with Gasteiger partial charge < -0.3 is 15.9 Å². The van der Waals surface area contributed by atoms with Crippen molar-refractivity contribution in [1.29, 1.82) is 0 Å². The monoisotopic (exact) mass is 257 g/mol. The van der Waals surface area contributed by atoms with Gasteiger partial charge in [-0.15, -0.1) is 0 Å². The molecule has 1 aromatic rings. The zero-order chi connectivity index (χ0) is 13.3. The molecule has 1 unspecified atom stereocenters. The van der Waals surface area contributed by atoms with Gasteiger partial charge in [0, 0.05) is 6.04 Å². The fraction of sp³-hybridized carbons (Fsp3) is 0.417. The van der Waals surface area contributed by atoms with Gasteiger partial charge in [-0.2, -0.15) is 0 Å². The SMILES string of the molecule is Cc1c(C)c(C(N)CC(=O)O)c(C)c(Cl)c1O. The maximum atomic E-state index is 10.7. The lowest BCUT2D eigenvalue weighted by molar-refractivity contribution is -0.137. The minimum Gasteiger partial charge on any atom is -0.506 e. The molecule has 4 N–H and O–H groups in total. The Labute approximate surface area is 105 Å². The first-order chi connectivity index (χ1) is 7.77. The number of hydrogen-bond donors (Lipinski definition) is 3. The zero-order valence-electron chi connectivity index (χ0n) is 10.0. The van der Waals surface area contributed by atoms with Crippen molar-refractivity contribution in [3.05, 3.63) is 27.3 Å². The molecule has 0 heterocycles. The summed E-state index contributed by atoms with van der Waals surface area (Å²) in [5.74, 6) is -0.925. The number of carboxylic acid groups (broad SMARTS) is 1. The molecule has 1 aromatic carbocycles. The second kappa shape index (κ2) is 4.94. The van der Waals surface area contributed by atoms with Crippen LogP contribution >= 0.6 is 11.6 Å². The molecule has 17 heavy (non-hydrogen) atoms. The fourth-order valence-electron chi connectivity index (χ4n) is 1.97. The zero-order valence-corrected chi connectivity index (χ0v) is 10.8. The van der Waals surface area contributed by atoms with E-state index in [2.05, 4.69) is 0 Å². The molecule has 0 radical (unpaired) electrons. The van der Waals surface area contributed by atoms with Crippen LogP contribution < -0.4 is 5.73 Å². The Kier molecular flexibility index (Phi) is 4.01. The number of carbonyl (C=O) groups is 1. The molecule has 0 aliphatic carbocycles. The van der Waals surface area contributed by atoms with E-state index in [9.17, 15) is 9.90 Å². The first kappa shape index (κ1) is 13.8. The number of aromatic hydroxyl groups is 1. The van der Waals surface area contributed by atoms with Crippen LogP contribution in [0.5, 0.6) is 5.75 Å². The van der Waals surface area contributed by atoms with Gasteiger partial charge >= 0.3 is 5.97 Å². The minimum absolute atomic E-state index is 0.0351. The summed E-state index contributed by atoms with van der Waals surface area (Å²) >= 11 is 5.99. The van der Waals surface area contributed by atoms with Crippen LogP contribution in [0.2, 0.25) is 5.02 Å². The number of nitrogens with two attached hydrogens (primary N) is 1. The summed E-state index contributed by atoms with van der Waals surface area (Å²) in [7, 11) is 0. The van der Waals surface area contributed by atoms with E-state index in [4.69, 9.17) is 22.4 Å². The van der Waals surface area contributed by atoms with Crippen molar-refractivity contribution in [2.24, 2.45) is 5.73 Å². The third-order valence-electron chi connectivity index (χ3n) is 3.03. The van der Waals surface area contributed by atoms with Crippen LogP contribution in [-0.2, 0) is 4.79 Å². The number of rotatable bonds is 3. The smallest absolute Gasteiger partial charge is 0.305 e. The van der Waals surface area contributed by atoms with E-state index >= 15 is 0 Å². The van der Waals surface area contributed by atoms with Crippen molar-refractivity contribution in [3.63, 3.8) is 0 Å². The Balaban J connectivity index is 3.38. The number of aliphatic carboxylic acids is 1. The molecule has 1 rings (SSSR count). The van der Waals surface area contributed by atoms with Crippen molar-refractivity contribution >= 4 is 17.6 Å². The van der Waals surface area contributed by atoms with Crippen LogP contribution in [0.4, 0.5) is 0 Å². The topological polar surface area (TPSA) is 83.6 Å². The number of phenolic OH excluding ortho intramolecular Hbond substituents is 1. The van der Waals surface area contributed by atoms with Crippen LogP contribution in [0.15, 0.2) is 0 Å². The highest BCUT2D eigenvalue weighted by Gasteiger charge is 2.21. The lowest BCUT2D eigenvalue weighted by atomic mass is 9.91. The van der Waals surface area contributed by atoms with Gasteiger partial charge in [0.15, 0.2) is 0 Å². The predicted octanol–water partition coefficient (Wildman–Crippen LogP) is 2.45. The molecule has 0 amide bonds. The van der Waals surface area contributed by atoms with Crippen molar-refractivity contribution in [2.45, 2.75) is 33.2 Å². The molecule has 0 aromatic heterocycles. The van der Waals surface area contributed by atoms with Gasteiger partial charge in [0.25, 0.3) is 0 Å².